The predicted octanol–water partition coefficient (Wildman–Crippen LogP) is 1.83. The highest BCUT2D eigenvalue weighted by Gasteiger charge is 2.24. The second kappa shape index (κ2) is 6.97. The van der Waals surface area contributed by atoms with E-state index in [1.54, 1.807) is 43.2 Å². The SMILES string of the molecule is COc1cccc(NC(=O)NC(C)C(=O)N2CCCC2)c1. The molecular formula is C15H21N3O3. The van der Waals surface area contributed by atoms with Crippen molar-refractivity contribution >= 4 is 17.6 Å². The van der Waals surface area contributed by atoms with E-state index in [1.807, 2.05) is 0 Å². The summed E-state index contributed by atoms with van der Waals surface area (Å²) in [5.41, 5.74) is 0.618. The Balaban J connectivity index is 1.87. The minimum absolute atomic E-state index is 0.0340. The largest absolute Gasteiger partial charge is 0.497 e. The first-order chi connectivity index (χ1) is 10.1. The van der Waals surface area contributed by atoms with Crippen molar-refractivity contribution in [3.05, 3.63) is 24.3 Å². The van der Waals surface area contributed by atoms with Crippen LogP contribution < -0.4 is 15.4 Å². The number of hydrogen-bond acceptors (Lipinski definition) is 3. The van der Waals surface area contributed by atoms with Gasteiger partial charge in [0.1, 0.15) is 11.8 Å². The van der Waals surface area contributed by atoms with Crippen molar-refractivity contribution in [3.8, 4) is 5.75 Å². The van der Waals surface area contributed by atoms with E-state index >= 15 is 0 Å². The minimum Gasteiger partial charge on any atom is -0.497 e. The van der Waals surface area contributed by atoms with Crippen LogP contribution >= 0.6 is 0 Å². The van der Waals surface area contributed by atoms with E-state index in [1.165, 1.54) is 0 Å². The first-order valence-corrected chi connectivity index (χ1v) is 7.10. The van der Waals surface area contributed by atoms with Crippen LogP contribution in [0.2, 0.25) is 0 Å². The lowest BCUT2D eigenvalue weighted by Crippen LogP contribution is -2.47. The van der Waals surface area contributed by atoms with Crippen LogP contribution in [0.25, 0.3) is 0 Å². The van der Waals surface area contributed by atoms with Gasteiger partial charge in [0.15, 0.2) is 0 Å². The summed E-state index contributed by atoms with van der Waals surface area (Å²) in [6.45, 7) is 3.26. The van der Waals surface area contributed by atoms with Crippen LogP contribution in [0, 0.1) is 0 Å². The van der Waals surface area contributed by atoms with Crippen LogP contribution in [-0.2, 0) is 4.79 Å². The number of urea groups is 1. The average Bonchev–Trinajstić information content (AvgIpc) is 3.00. The maximum atomic E-state index is 12.1. The van der Waals surface area contributed by atoms with Gasteiger partial charge >= 0.3 is 6.03 Å². The molecule has 0 saturated carbocycles. The van der Waals surface area contributed by atoms with Crippen molar-refractivity contribution < 1.29 is 14.3 Å². The van der Waals surface area contributed by atoms with Crippen molar-refractivity contribution in [1.29, 1.82) is 0 Å². The molecular weight excluding hydrogens is 270 g/mol. The Kier molecular flexibility index (Phi) is 5.03. The number of nitrogens with one attached hydrogen (secondary N) is 2. The van der Waals surface area contributed by atoms with Crippen LogP contribution in [0.15, 0.2) is 24.3 Å². The third-order valence-corrected chi connectivity index (χ3v) is 3.46. The number of anilines is 1. The van der Waals surface area contributed by atoms with Gasteiger partial charge in [-0.15, -0.1) is 0 Å². The van der Waals surface area contributed by atoms with Gasteiger partial charge in [-0.3, -0.25) is 4.79 Å². The zero-order valence-corrected chi connectivity index (χ0v) is 12.4. The number of ether oxygens (including phenoxy) is 1. The third-order valence-electron chi connectivity index (χ3n) is 3.46. The van der Waals surface area contributed by atoms with E-state index in [-0.39, 0.29) is 5.91 Å². The minimum atomic E-state index is -0.534. The molecule has 1 atom stereocenters. The van der Waals surface area contributed by atoms with Gasteiger partial charge in [0.25, 0.3) is 0 Å². The number of benzene rings is 1. The Morgan fingerprint density at radius 1 is 1.29 bits per heavy atom. The summed E-state index contributed by atoms with van der Waals surface area (Å²) in [5.74, 6) is 0.627. The quantitative estimate of drug-likeness (QED) is 0.889. The molecule has 1 aromatic carbocycles. The molecule has 1 saturated heterocycles. The average molecular weight is 291 g/mol. The maximum absolute atomic E-state index is 12.1. The zero-order valence-electron chi connectivity index (χ0n) is 12.4. The fraction of sp³-hybridized carbons (Fsp3) is 0.467. The highest BCUT2D eigenvalue weighted by molar-refractivity contribution is 5.93. The van der Waals surface area contributed by atoms with Crippen molar-refractivity contribution in [3.63, 3.8) is 0 Å². The third kappa shape index (κ3) is 4.11. The number of nitrogens with zero attached hydrogens (tertiary/aromatic N) is 1. The Morgan fingerprint density at radius 2 is 2.00 bits per heavy atom. The first-order valence-electron chi connectivity index (χ1n) is 7.10. The number of carbonyl (C=O) groups excluding carboxylic acids is 2. The molecule has 0 aliphatic carbocycles. The number of amides is 3. The lowest BCUT2D eigenvalue weighted by Gasteiger charge is -2.21. The topological polar surface area (TPSA) is 70.7 Å². The molecule has 1 unspecified atom stereocenters. The molecule has 21 heavy (non-hydrogen) atoms. The molecule has 2 rings (SSSR count). The lowest BCUT2D eigenvalue weighted by atomic mass is 10.3. The van der Waals surface area contributed by atoms with E-state index in [2.05, 4.69) is 10.6 Å². The standard InChI is InChI=1S/C15H21N3O3/c1-11(14(19)18-8-3-4-9-18)16-15(20)17-12-6-5-7-13(10-12)21-2/h5-7,10-11H,3-4,8-9H2,1-2H3,(H2,16,17,20). The van der Waals surface area contributed by atoms with E-state index < -0.39 is 12.1 Å². The van der Waals surface area contributed by atoms with Gasteiger partial charge in [0.05, 0.1) is 7.11 Å². The molecule has 2 N–H and O–H groups in total. The summed E-state index contributed by atoms with van der Waals surface area (Å²) in [6, 6.07) is 6.12. The Labute approximate surface area is 124 Å². The molecule has 3 amide bonds. The molecule has 0 spiro atoms. The monoisotopic (exact) mass is 291 g/mol. The van der Waals surface area contributed by atoms with Crippen molar-refractivity contribution in [2.24, 2.45) is 0 Å². The van der Waals surface area contributed by atoms with Gasteiger partial charge < -0.3 is 20.3 Å². The molecule has 6 nitrogen and oxygen atoms in total. The number of rotatable bonds is 4. The van der Waals surface area contributed by atoms with Gasteiger partial charge in [-0.05, 0) is 31.9 Å². The first kappa shape index (κ1) is 15.2. The predicted molar refractivity (Wildman–Crippen MR) is 80.4 cm³/mol. The maximum Gasteiger partial charge on any atom is 0.319 e. The molecule has 1 aromatic rings. The van der Waals surface area contributed by atoms with E-state index in [0.717, 1.165) is 25.9 Å². The normalized spacial score (nSPS) is 15.4. The lowest BCUT2D eigenvalue weighted by molar-refractivity contribution is -0.131. The van der Waals surface area contributed by atoms with Gasteiger partial charge in [0.2, 0.25) is 5.91 Å². The summed E-state index contributed by atoms with van der Waals surface area (Å²) in [5, 5.41) is 5.35. The number of likely N-dealkylation sites (tertiary alicyclic amines) is 1. The van der Waals surface area contributed by atoms with Gasteiger partial charge in [-0.25, -0.2) is 4.79 Å². The fourth-order valence-corrected chi connectivity index (χ4v) is 2.34. The second-order valence-electron chi connectivity index (χ2n) is 5.08. The Bertz CT molecular complexity index is 513. The number of carbonyl (C=O) groups is 2. The molecule has 0 radical (unpaired) electrons. The van der Waals surface area contributed by atoms with E-state index in [9.17, 15) is 9.59 Å². The highest BCUT2D eigenvalue weighted by atomic mass is 16.5. The van der Waals surface area contributed by atoms with Gasteiger partial charge in [-0.2, -0.15) is 0 Å². The van der Waals surface area contributed by atoms with Crippen molar-refractivity contribution in [2.75, 3.05) is 25.5 Å². The molecule has 1 aliphatic rings. The molecule has 0 aromatic heterocycles. The summed E-state index contributed by atoms with van der Waals surface area (Å²) >= 11 is 0. The van der Waals surface area contributed by atoms with Crippen LogP contribution in [0.3, 0.4) is 0 Å². The Morgan fingerprint density at radius 3 is 2.67 bits per heavy atom. The molecule has 1 fully saturated rings. The molecule has 1 aliphatic heterocycles. The highest BCUT2D eigenvalue weighted by Crippen LogP contribution is 2.16. The Hall–Kier alpha value is -2.24. The number of methoxy groups -OCH3 is 1. The molecule has 0 bridgehead atoms. The van der Waals surface area contributed by atoms with Crippen LogP contribution in [0.1, 0.15) is 19.8 Å². The van der Waals surface area contributed by atoms with Crippen LogP contribution in [0.5, 0.6) is 5.75 Å². The van der Waals surface area contributed by atoms with Crippen LogP contribution in [-0.4, -0.2) is 43.1 Å². The van der Waals surface area contributed by atoms with E-state index in [0.29, 0.717) is 11.4 Å². The zero-order chi connectivity index (χ0) is 15.2. The van der Waals surface area contributed by atoms with E-state index in [4.69, 9.17) is 4.74 Å². The summed E-state index contributed by atoms with van der Waals surface area (Å²) in [4.78, 5) is 25.8. The van der Waals surface area contributed by atoms with Gasteiger partial charge in [0, 0.05) is 24.8 Å². The number of hydrogen-bond donors (Lipinski definition) is 2. The second-order valence-corrected chi connectivity index (χ2v) is 5.08. The summed E-state index contributed by atoms with van der Waals surface area (Å²) in [7, 11) is 1.57. The molecule has 114 valence electrons. The van der Waals surface area contributed by atoms with Crippen LogP contribution in [0.4, 0.5) is 10.5 Å². The summed E-state index contributed by atoms with van der Waals surface area (Å²) < 4.78 is 5.09. The summed E-state index contributed by atoms with van der Waals surface area (Å²) in [6.07, 6.45) is 2.07. The smallest absolute Gasteiger partial charge is 0.319 e. The fourth-order valence-electron chi connectivity index (χ4n) is 2.34. The molecule has 1 heterocycles. The van der Waals surface area contributed by atoms with Gasteiger partial charge in [-0.1, -0.05) is 6.07 Å². The van der Waals surface area contributed by atoms with Crippen molar-refractivity contribution in [1.82, 2.24) is 10.2 Å². The molecule has 6 heteroatoms. The van der Waals surface area contributed by atoms with Crippen molar-refractivity contribution in [2.45, 2.75) is 25.8 Å².